The van der Waals surface area contributed by atoms with Crippen LogP contribution in [0.5, 0.6) is 0 Å². The third-order valence-electron chi connectivity index (χ3n) is 4.19. The Balaban J connectivity index is 1.95. The number of benzene rings is 2. The van der Waals surface area contributed by atoms with Crippen LogP contribution < -0.4 is 5.32 Å². The van der Waals surface area contributed by atoms with Gasteiger partial charge in [-0.15, -0.1) is 0 Å². The van der Waals surface area contributed by atoms with E-state index >= 15 is 0 Å². The van der Waals surface area contributed by atoms with Crippen LogP contribution in [0.4, 0.5) is 5.69 Å². The summed E-state index contributed by atoms with van der Waals surface area (Å²) in [5.41, 5.74) is 4.55. The van der Waals surface area contributed by atoms with E-state index in [-0.39, 0.29) is 11.9 Å². The lowest BCUT2D eigenvalue weighted by Crippen LogP contribution is -2.39. The Hall–Kier alpha value is -2.13. The highest BCUT2D eigenvalue weighted by Gasteiger charge is 2.18. The maximum atomic E-state index is 12.4. The van der Waals surface area contributed by atoms with Gasteiger partial charge in [-0.1, -0.05) is 43.3 Å². The van der Waals surface area contributed by atoms with Crippen LogP contribution in [-0.4, -0.2) is 23.9 Å². The topological polar surface area (TPSA) is 32.3 Å². The van der Waals surface area contributed by atoms with Gasteiger partial charge in [0.05, 0.1) is 6.04 Å². The van der Waals surface area contributed by atoms with E-state index < -0.39 is 0 Å². The molecule has 2 rings (SSSR count). The quantitative estimate of drug-likeness (QED) is 0.874. The van der Waals surface area contributed by atoms with Crippen molar-refractivity contribution in [3.8, 4) is 0 Å². The van der Waals surface area contributed by atoms with Crippen molar-refractivity contribution in [1.82, 2.24) is 4.90 Å². The zero-order chi connectivity index (χ0) is 16.8. The minimum Gasteiger partial charge on any atom is -0.325 e. The first-order valence-electron chi connectivity index (χ1n) is 8.15. The van der Waals surface area contributed by atoms with E-state index in [1.165, 1.54) is 11.1 Å². The lowest BCUT2D eigenvalue weighted by molar-refractivity contribution is -0.120. The van der Waals surface area contributed by atoms with Crippen molar-refractivity contribution < 1.29 is 4.79 Å². The predicted molar refractivity (Wildman–Crippen MR) is 96.6 cm³/mol. The van der Waals surface area contributed by atoms with Gasteiger partial charge in [-0.2, -0.15) is 0 Å². The number of nitrogens with one attached hydrogen (secondary N) is 1. The van der Waals surface area contributed by atoms with Gasteiger partial charge in [-0.25, -0.2) is 0 Å². The van der Waals surface area contributed by atoms with Gasteiger partial charge in [0.15, 0.2) is 0 Å². The molecule has 1 atom stereocenters. The van der Waals surface area contributed by atoms with Gasteiger partial charge < -0.3 is 5.32 Å². The third-order valence-corrected chi connectivity index (χ3v) is 4.19. The molecule has 3 nitrogen and oxygen atoms in total. The van der Waals surface area contributed by atoms with E-state index in [0.717, 1.165) is 24.2 Å². The standard InChI is InChI=1S/C20H26N2O/c1-5-17-9-11-18(12-10-17)14-22(4)16(3)20(23)21-19-8-6-7-15(2)13-19/h6-13,16H,5,14H2,1-4H3,(H,21,23). The second-order valence-electron chi connectivity index (χ2n) is 6.12. The minimum atomic E-state index is -0.193. The molecule has 0 fully saturated rings. The Morgan fingerprint density at radius 2 is 1.78 bits per heavy atom. The molecular formula is C20H26N2O. The molecule has 2 aromatic rings. The molecule has 0 aliphatic carbocycles. The number of hydrogen-bond donors (Lipinski definition) is 1. The summed E-state index contributed by atoms with van der Waals surface area (Å²) >= 11 is 0. The Labute approximate surface area is 139 Å². The van der Waals surface area contributed by atoms with Crippen molar-refractivity contribution in [1.29, 1.82) is 0 Å². The van der Waals surface area contributed by atoms with E-state index in [1.54, 1.807) is 0 Å². The van der Waals surface area contributed by atoms with Crippen molar-refractivity contribution >= 4 is 11.6 Å². The number of rotatable bonds is 6. The molecule has 1 amide bonds. The average Bonchev–Trinajstić information content (AvgIpc) is 2.54. The molecule has 0 saturated carbocycles. The number of carbonyl (C=O) groups is 1. The van der Waals surface area contributed by atoms with Crippen LogP contribution in [0.15, 0.2) is 48.5 Å². The molecule has 0 saturated heterocycles. The SMILES string of the molecule is CCc1ccc(CN(C)C(C)C(=O)Nc2cccc(C)c2)cc1. The Bertz CT molecular complexity index is 649. The van der Waals surface area contributed by atoms with Crippen LogP contribution >= 0.6 is 0 Å². The zero-order valence-electron chi connectivity index (χ0n) is 14.5. The van der Waals surface area contributed by atoms with Gasteiger partial charge in [0.1, 0.15) is 0 Å². The van der Waals surface area contributed by atoms with Gasteiger partial charge >= 0.3 is 0 Å². The average molecular weight is 310 g/mol. The third kappa shape index (κ3) is 4.93. The molecule has 0 aliphatic heterocycles. The Morgan fingerprint density at radius 3 is 2.39 bits per heavy atom. The second kappa shape index (κ2) is 7.93. The highest BCUT2D eigenvalue weighted by atomic mass is 16.2. The number of nitrogens with zero attached hydrogens (tertiary/aromatic N) is 1. The first-order valence-corrected chi connectivity index (χ1v) is 8.15. The number of aryl methyl sites for hydroxylation is 2. The maximum absolute atomic E-state index is 12.4. The molecule has 0 bridgehead atoms. The summed E-state index contributed by atoms with van der Waals surface area (Å²) in [7, 11) is 1.98. The van der Waals surface area contributed by atoms with Crippen LogP contribution in [0.1, 0.15) is 30.5 Å². The number of amides is 1. The van der Waals surface area contributed by atoms with Crippen LogP contribution in [0.25, 0.3) is 0 Å². The molecule has 0 aliphatic rings. The van der Waals surface area contributed by atoms with Gasteiger partial charge in [-0.3, -0.25) is 9.69 Å². The van der Waals surface area contributed by atoms with Crippen molar-refractivity contribution in [3.05, 3.63) is 65.2 Å². The summed E-state index contributed by atoms with van der Waals surface area (Å²) in [4.78, 5) is 14.5. The van der Waals surface area contributed by atoms with E-state index in [2.05, 4.69) is 41.4 Å². The van der Waals surface area contributed by atoms with Crippen LogP contribution in [0.2, 0.25) is 0 Å². The normalized spacial score (nSPS) is 12.2. The highest BCUT2D eigenvalue weighted by Crippen LogP contribution is 2.13. The van der Waals surface area contributed by atoms with Gasteiger partial charge in [0, 0.05) is 12.2 Å². The number of likely N-dealkylation sites (N-methyl/N-ethyl adjacent to an activating group) is 1. The molecule has 0 spiro atoms. The van der Waals surface area contributed by atoms with E-state index in [4.69, 9.17) is 0 Å². The smallest absolute Gasteiger partial charge is 0.241 e. The lowest BCUT2D eigenvalue weighted by atomic mass is 10.1. The molecule has 3 heteroatoms. The van der Waals surface area contributed by atoms with E-state index in [0.29, 0.717) is 0 Å². The van der Waals surface area contributed by atoms with Crippen LogP contribution in [-0.2, 0) is 17.8 Å². The molecular weight excluding hydrogens is 284 g/mol. The fourth-order valence-corrected chi connectivity index (χ4v) is 2.47. The van der Waals surface area contributed by atoms with Gasteiger partial charge in [0.2, 0.25) is 5.91 Å². The minimum absolute atomic E-state index is 0.0169. The summed E-state index contributed by atoms with van der Waals surface area (Å²) in [6.45, 7) is 6.86. The maximum Gasteiger partial charge on any atom is 0.241 e. The van der Waals surface area contributed by atoms with Crippen molar-refractivity contribution in [2.24, 2.45) is 0 Å². The highest BCUT2D eigenvalue weighted by molar-refractivity contribution is 5.94. The van der Waals surface area contributed by atoms with Crippen molar-refractivity contribution in [2.45, 2.75) is 39.8 Å². The predicted octanol–water partition coefficient (Wildman–Crippen LogP) is 4.02. The van der Waals surface area contributed by atoms with Gasteiger partial charge in [0.25, 0.3) is 0 Å². The van der Waals surface area contributed by atoms with Crippen molar-refractivity contribution in [2.75, 3.05) is 12.4 Å². The van der Waals surface area contributed by atoms with Crippen molar-refractivity contribution in [3.63, 3.8) is 0 Å². The first kappa shape index (κ1) is 17.2. The monoisotopic (exact) mass is 310 g/mol. The molecule has 2 aromatic carbocycles. The number of anilines is 1. The molecule has 1 unspecified atom stereocenters. The second-order valence-corrected chi connectivity index (χ2v) is 6.12. The zero-order valence-corrected chi connectivity index (χ0v) is 14.5. The summed E-state index contributed by atoms with van der Waals surface area (Å²) in [6, 6.07) is 16.3. The fraction of sp³-hybridized carbons (Fsp3) is 0.350. The number of carbonyl (C=O) groups excluding carboxylic acids is 1. The molecule has 0 heterocycles. The first-order chi connectivity index (χ1) is 11.0. The summed E-state index contributed by atoms with van der Waals surface area (Å²) in [5.74, 6) is 0.0169. The van der Waals surface area contributed by atoms with Crippen LogP contribution in [0.3, 0.4) is 0 Å². The molecule has 1 N–H and O–H groups in total. The molecule has 0 radical (unpaired) electrons. The molecule has 122 valence electrons. The summed E-state index contributed by atoms with van der Waals surface area (Å²) in [5, 5.41) is 2.99. The molecule has 23 heavy (non-hydrogen) atoms. The molecule has 0 aromatic heterocycles. The van der Waals surface area contributed by atoms with E-state index in [1.807, 2.05) is 45.2 Å². The van der Waals surface area contributed by atoms with Crippen LogP contribution in [0, 0.1) is 6.92 Å². The van der Waals surface area contributed by atoms with E-state index in [9.17, 15) is 4.79 Å². The fourth-order valence-electron chi connectivity index (χ4n) is 2.47. The van der Waals surface area contributed by atoms with Gasteiger partial charge in [-0.05, 0) is 56.1 Å². The summed E-state index contributed by atoms with van der Waals surface area (Å²) in [6.07, 6.45) is 1.05. The number of hydrogen-bond acceptors (Lipinski definition) is 2. The largest absolute Gasteiger partial charge is 0.325 e. The Kier molecular flexibility index (Phi) is 5.94. The Morgan fingerprint density at radius 1 is 1.13 bits per heavy atom. The summed E-state index contributed by atoms with van der Waals surface area (Å²) < 4.78 is 0. The lowest BCUT2D eigenvalue weighted by Gasteiger charge is -2.24.